The first-order valence-electron chi connectivity index (χ1n) is 7.12. The van der Waals surface area contributed by atoms with Crippen LogP contribution in [0.25, 0.3) is 0 Å². The van der Waals surface area contributed by atoms with E-state index in [1.54, 1.807) is 6.92 Å². The third-order valence-corrected chi connectivity index (χ3v) is 3.28. The van der Waals surface area contributed by atoms with Gasteiger partial charge in [-0.2, -0.15) is 0 Å². The van der Waals surface area contributed by atoms with Gasteiger partial charge in [0.1, 0.15) is 12.7 Å². The van der Waals surface area contributed by atoms with E-state index in [1.165, 1.54) is 20.8 Å². The highest BCUT2D eigenvalue weighted by Gasteiger charge is 2.53. The first-order chi connectivity index (χ1) is 10.8. The highest BCUT2D eigenvalue weighted by molar-refractivity contribution is 5.75. The van der Waals surface area contributed by atoms with Crippen LogP contribution in [-0.4, -0.2) is 61.1 Å². The summed E-state index contributed by atoms with van der Waals surface area (Å²) in [6, 6.07) is 0. The third-order valence-electron chi connectivity index (χ3n) is 3.28. The Morgan fingerprint density at radius 1 is 1.04 bits per heavy atom. The van der Waals surface area contributed by atoms with Crippen LogP contribution in [0.4, 0.5) is 0 Å². The molecule has 2 aliphatic rings. The quantitative estimate of drug-likeness (QED) is 0.522. The molecule has 0 aromatic rings. The van der Waals surface area contributed by atoms with E-state index in [0.29, 0.717) is 5.90 Å². The van der Waals surface area contributed by atoms with E-state index in [-0.39, 0.29) is 6.61 Å². The zero-order valence-corrected chi connectivity index (χ0v) is 13.3. The molecule has 0 bridgehead atoms. The van der Waals surface area contributed by atoms with Crippen LogP contribution in [0.15, 0.2) is 4.99 Å². The Labute approximate surface area is 132 Å². The summed E-state index contributed by atoms with van der Waals surface area (Å²) >= 11 is 0. The number of rotatable bonds is 4. The topological polar surface area (TPSA) is 110 Å². The minimum Gasteiger partial charge on any atom is -0.469 e. The van der Waals surface area contributed by atoms with E-state index in [1.807, 2.05) is 0 Å². The molecule has 1 saturated heterocycles. The molecule has 23 heavy (non-hydrogen) atoms. The first kappa shape index (κ1) is 17.2. The smallest absolute Gasteiger partial charge is 0.303 e. The van der Waals surface area contributed by atoms with E-state index < -0.39 is 48.6 Å². The Hall–Kier alpha value is -2.16. The summed E-state index contributed by atoms with van der Waals surface area (Å²) in [4.78, 5) is 38.0. The van der Waals surface area contributed by atoms with E-state index in [2.05, 4.69) is 4.99 Å². The van der Waals surface area contributed by atoms with E-state index in [9.17, 15) is 14.4 Å². The van der Waals surface area contributed by atoms with Gasteiger partial charge in [-0.3, -0.25) is 14.4 Å². The van der Waals surface area contributed by atoms with Crippen LogP contribution in [0.2, 0.25) is 0 Å². The molecular weight excluding hydrogens is 310 g/mol. The van der Waals surface area contributed by atoms with Crippen LogP contribution in [0.1, 0.15) is 27.7 Å². The number of hydrogen-bond donors (Lipinski definition) is 0. The zero-order chi connectivity index (χ0) is 17.1. The number of carbonyl (C=O) groups is 3. The molecule has 0 N–H and O–H groups in total. The number of aliphatic imine (C=N–C) groups is 1. The molecule has 0 aromatic carbocycles. The lowest BCUT2D eigenvalue weighted by Crippen LogP contribution is -2.60. The lowest BCUT2D eigenvalue weighted by molar-refractivity contribution is -0.236. The summed E-state index contributed by atoms with van der Waals surface area (Å²) < 4.78 is 26.6. The highest BCUT2D eigenvalue weighted by atomic mass is 16.7. The Morgan fingerprint density at radius 3 is 2.22 bits per heavy atom. The van der Waals surface area contributed by atoms with Crippen molar-refractivity contribution in [2.45, 2.75) is 58.3 Å². The Balaban J connectivity index is 2.25. The molecule has 0 amide bonds. The lowest BCUT2D eigenvalue weighted by Gasteiger charge is -2.40. The van der Waals surface area contributed by atoms with Gasteiger partial charge < -0.3 is 23.7 Å². The standard InChI is InChI=1S/C14H19NO8/c1-6-15-14-13(20-6)12(22-9(4)18)11(21-8(3)17)10(23-14)5-19-7(2)16/h10-14H,5H2,1-4H3/t10?,11-,12?,13?,14+/m1/s1. The number of hydrogen-bond acceptors (Lipinski definition) is 9. The molecule has 1 fully saturated rings. The van der Waals surface area contributed by atoms with Gasteiger partial charge in [-0.1, -0.05) is 0 Å². The van der Waals surface area contributed by atoms with Gasteiger partial charge in [-0.15, -0.1) is 0 Å². The largest absolute Gasteiger partial charge is 0.469 e. The molecule has 2 rings (SSSR count). The van der Waals surface area contributed by atoms with Gasteiger partial charge in [0.2, 0.25) is 0 Å². The number of fused-ring (bicyclic) bond motifs is 1. The maximum absolute atomic E-state index is 11.4. The van der Waals surface area contributed by atoms with Crippen molar-refractivity contribution < 1.29 is 38.1 Å². The van der Waals surface area contributed by atoms with Crippen molar-refractivity contribution in [2.75, 3.05) is 6.61 Å². The summed E-state index contributed by atoms with van der Waals surface area (Å²) in [5.74, 6) is -1.29. The van der Waals surface area contributed by atoms with Gasteiger partial charge >= 0.3 is 17.9 Å². The second-order valence-corrected chi connectivity index (χ2v) is 5.25. The van der Waals surface area contributed by atoms with Crippen LogP contribution < -0.4 is 0 Å². The predicted octanol–water partition coefficient (Wildman–Crippen LogP) is -0.0450. The summed E-state index contributed by atoms with van der Waals surface area (Å²) in [5, 5.41) is 0. The van der Waals surface area contributed by atoms with Gasteiger partial charge in [0, 0.05) is 27.7 Å². The minimum absolute atomic E-state index is 0.164. The van der Waals surface area contributed by atoms with Crippen molar-refractivity contribution in [3.8, 4) is 0 Å². The SMILES string of the molecule is CC(=O)OCC1O[C@@H]2N=C(C)OC2C(OC(C)=O)[C@@H]1OC(C)=O. The molecule has 3 unspecified atom stereocenters. The molecule has 2 aliphatic heterocycles. The molecule has 9 nitrogen and oxygen atoms in total. The maximum atomic E-state index is 11.4. The molecule has 9 heteroatoms. The summed E-state index contributed by atoms with van der Waals surface area (Å²) in [5.41, 5.74) is 0. The molecule has 0 saturated carbocycles. The fourth-order valence-corrected chi connectivity index (χ4v) is 2.52. The van der Waals surface area contributed by atoms with Crippen molar-refractivity contribution in [1.29, 1.82) is 0 Å². The number of ether oxygens (including phenoxy) is 5. The average Bonchev–Trinajstić information content (AvgIpc) is 2.78. The van der Waals surface area contributed by atoms with E-state index >= 15 is 0 Å². The minimum atomic E-state index is -0.974. The van der Waals surface area contributed by atoms with Crippen molar-refractivity contribution >= 4 is 23.8 Å². The van der Waals surface area contributed by atoms with Gasteiger partial charge in [0.05, 0.1) is 0 Å². The van der Waals surface area contributed by atoms with Crippen molar-refractivity contribution in [3.05, 3.63) is 0 Å². The molecule has 128 valence electrons. The summed E-state index contributed by atoms with van der Waals surface area (Å²) in [7, 11) is 0. The van der Waals surface area contributed by atoms with Crippen molar-refractivity contribution in [2.24, 2.45) is 4.99 Å². The number of esters is 3. The molecule has 0 aliphatic carbocycles. The van der Waals surface area contributed by atoms with Crippen molar-refractivity contribution in [1.82, 2.24) is 0 Å². The Bertz CT molecular complexity index is 531. The van der Waals surface area contributed by atoms with Gasteiger partial charge in [-0.05, 0) is 0 Å². The first-order valence-corrected chi connectivity index (χ1v) is 7.12. The molecular formula is C14H19NO8. The molecule has 0 spiro atoms. The summed E-state index contributed by atoms with van der Waals surface area (Å²) in [6.07, 6.45) is -4.18. The van der Waals surface area contributed by atoms with Crippen LogP contribution in [-0.2, 0) is 38.1 Å². The Kier molecular flexibility index (Phi) is 5.19. The van der Waals surface area contributed by atoms with Crippen LogP contribution in [0, 0.1) is 0 Å². The lowest BCUT2D eigenvalue weighted by atomic mass is 9.98. The average molecular weight is 329 g/mol. The monoisotopic (exact) mass is 329 g/mol. The van der Waals surface area contributed by atoms with Crippen LogP contribution in [0.5, 0.6) is 0 Å². The second-order valence-electron chi connectivity index (χ2n) is 5.25. The molecule has 2 heterocycles. The normalized spacial score (nSPS) is 32.2. The van der Waals surface area contributed by atoms with E-state index in [0.717, 1.165) is 0 Å². The maximum Gasteiger partial charge on any atom is 0.303 e. The molecule has 0 radical (unpaired) electrons. The zero-order valence-electron chi connectivity index (χ0n) is 13.3. The second kappa shape index (κ2) is 6.95. The summed E-state index contributed by atoms with van der Waals surface area (Å²) in [6.45, 7) is 5.17. The number of nitrogens with zero attached hydrogens (tertiary/aromatic N) is 1. The van der Waals surface area contributed by atoms with Crippen LogP contribution in [0.3, 0.4) is 0 Å². The highest BCUT2D eigenvalue weighted by Crippen LogP contribution is 2.32. The number of carbonyl (C=O) groups excluding carboxylic acids is 3. The predicted molar refractivity (Wildman–Crippen MR) is 74.4 cm³/mol. The fraction of sp³-hybridized carbons (Fsp3) is 0.714. The van der Waals surface area contributed by atoms with E-state index in [4.69, 9.17) is 23.7 Å². The van der Waals surface area contributed by atoms with Crippen LogP contribution >= 0.6 is 0 Å². The van der Waals surface area contributed by atoms with Crippen molar-refractivity contribution in [3.63, 3.8) is 0 Å². The molecule has 5 atom stereocenters. The van der Waals surface area contributed by atoms with Gasteiger partial charge in [0.15, 0.2) is 30.4 Å². The fourth-order valence-electron chi connectivity index (χ4n) is 2.52. The Morgan fingerprint density at radius 2 is 1.65 bits per heavy atom. The van der Waals surface area contributed by atoms with Gasteiger partial charge in [0.25, 0.3) is 0 Å². The van der Waals surface area contributed by atoms with Gasteiger partial charge in [-0.25, -0.2) is 4.99 Å². The third kappa shape index (κ3) is 4.19. The molecule has 0 aromatic heterocycles.